The van der Waals surface area contributed by atoms with Gasteiger partial charge in [-0.1, -0.05) is 24.4 Å². The maximum absolute atomic E-state index is 10.0. The molecule has 1 saturated carbocycles. The van der Waals surface area contributed by atoms with E-state index >= 15 is 0 Å². The Bertz CT molecular complexity index is 439. The number of benzene rings is 1. The second-order valence-electron chi connectivity index (χ2n) is 4.95. The van der Waals surface area contributed by atoms with Gasteiger partial charge in [0.15, 0.2) is 11.5 Å². The Morgan fingerprint density at radius 2 is 2.11 bits per heavy atom. The topological polar surface area (TPSA) is 61.7 Å². The normalized spacial score (nSPS) is 23.3. The number of aliphatic hydroxyl groups is 1. The van der Waals surface area contributed by atoms with Gasteiger partial charge < -0.3 is 20.3 Å². The van der Waals surface area contributed by atoms with Gasteiger partial charge in [0.05, 0.1) is 13.2 Å². The summed E-state index contributed by atoms with van der Waals surface area (Å²) in [6.07, 6.45) is 3.69. The molecule has 19 heavy (non-hydrogen) atoms. The molecule has 0 aromatic heterocycles. The van der Waals surface area contributed by atoms with E-state index in [1.54, 1.807) is 12.1 Å². The molecule has 3 N–H and O–H groups in total. The highest BCUT2D eigenvalue weighted by Gasteiger charge is 2.22. The van der Waals surface area contributed by atoms with Crippen molar-refractivity contribution < 1.29 is 14.9 Å². The zero-order chi connectivity index (χ0) is 13.8. The SMILES string of the molecule is COc1cc(Cl)cc(CNC2CCCCC2O)c1O. The zero-order valence-electron chi connectivity index (χ0n) is 11.0. The first kappa shape index (κ1) is 14.4. The fourth-order valence-corrected chi connectivity index (χ4v) is 2.74. The van der Waals surface area contributed by atoms with Crippen LogP contribution in [0.1, 0.15) is 31.2 Å². The van der Waals surface area contributed by atoms with Crippen molar-refractivity contribution in [2.24, 2.45) is 0 Å². The molecule has 0 bridgehead atoms. The highest BCUT2D eigenvalue weighted by Crippen LogP contribution is 2.33. The summed E-state index contributed by atoms with van der Waals surface area (Å²) in [5, 5.41) is 23.7. The molecule has 5 heteroatoms. The molecule has 0 amide bonds. The summed E-state index contributed by atoms with van der Waals surface area (Å²) in [7, 11) is 1.49. The van der Waals surface area contributed by atoms with Crippen LogP contribution in [-0.4, -0.2) is 29.5 Å². The molecule has 1 aliphatic rings. The van der Waals surface area contributed by atoms with E-state index in [2.05, 4.69) is 5.32 Å². The van der Waals surface area contributed by atoms with E-state index in [0.717, 1.165) is 25.7 Å². The van der Waals surface area contributed by atoms with Gasteiger partial charge in [-0.05, 0) is 18.9 Å². The lowest BCUT2D eigenvalue weighted by molar-refractivity contribution is 0.0901. The van der Waals surface area contributed by atoms with Crippen LogP contribution < -0.4 is 10.1 Å². The average Bonchev–Trinajstić information content (AvgIpc) is 2.41. The van der Waals surface area contributed by atoms with Crippen molar-refractivity contribution in [1.29, 1.82) is 0 Å². The van der Waals surface area contributed by atoms with E-state index in [9.17, 15) is 10.2 Å². The fraction of sp³-hybridized carbons (Fsp3) is 0.571. The number of nitrogens with one attached hydrogen (secondary N) is 1. The number of aliphatic hydroxyl groups excluding tert-OH is 1. The minimum absolute atomic E-state index is 0.0816. The van der Waals surface area contributed by atoms with Crippen LogP contribution in [0, 0.1) is 0 Å². The van der Waals surface area contributed by atoms with E-state index in [1.165, 1.54) is 7.11 Å². The summed E-state index contributed by atoms with van der Waals surface area (Å²) in [6.45, 7) is 0.463. The van der Waals surface area contributed by atoms with E-state index < -0.39 is 0 Å². The fourth-order valence-electron chi connectivity index (χ4n) is 2.51. The number of aromatic hydroxyl groups is 1. The minimum atomic E-state index is -0.308. The molecule has 1 aromatic rings. The Morgan fingerprint density at radius 1 is 1.37 bits per heavy atom. The average molecular weight is 286 g/mol. The van der Waals surface area contributed by atoms with Gasteiger partial charge in [0.2, 0.25) is 0 Å². The lowest BCUT2D eigenvalue weighted by Crippen LogP contribution is -2.41. The molecule has 4 nitrogen and oxygen atoms in total. The Hall–Kier alpha value is -0.970. The third-order valence-electron chi connectivity index (χ3n) is 3.62. The highest BCUT2D eigenvalue weighted by atomic mass is 35.5. The summed E-state index contributed by atoms with van der Waals surface area (Å²) in [4.78, 5) is 0. The summed E-state index contributed by atoms with van der Waals surface area (Å²) in [5.41, 5.74) is 0.683. The van der Waals surface area contributed by atoms with Gasteiger partial charge in [-0.2, -0.15) is 0 Å². The largest absolute Gasteiger partial charge is 0.504 e. The van der Waals surface area contributed by atoms with E-state index in [4.69, 9.17) is 16.3 Å². The second kappa shape index (κ2) is 6.46. The number of hydrogen-bond donors (Lipinski definition) is 3. The number of phenols is 1. The Balaban J connectivity index is 2.04. The lowest BCUT2D eigenvalue weighted by atomic mass is 9.92. The van der Waals surface area contributed by atoms with Crippen molar-refractivity contribution in [3.05, 3.63) is 22.7 Å². The van der Waals surface area contributed by atoms with Gasteiger partial charge in [0, 0.05) is 29.2 Å². The Morgan fingerprint density at radius 3 is 2.79 bits per heavy atom. The van der Waals surface area contributed by atoms with Crippen molar-refractivity contribution in [1.82, 2.24) is 5.32 Å². The molecule has 0 spiro atoms. The van der Waals surface area contributed by atoms with Crippen LogP contribution in [0.25, 0.3) is 0 Å². The first-order valence-corrected chi connectivity index (χ1v) is 6.96. The standard InChI is InChI=1S/C14H20ClNO3/c1-19-13-7-10(15)6-9(14(13)18)8-16-11-4-2-3-5-12(11)17/h6-7,11-12,16-18H,2-5,8H2,1H3. The molecule has 2 atom stereocenters. The summed E-state index contributed by atoms with van der Waals surface area (Å²) >= 11 is 5.98. The molecule has 1 fully saturated rings. The Kier molecular flexibility index (Phi) is 4.91. The number of methoxy groups -OCH3 is 1. The zero-order valence-corrected chi connectivity index (χ0v) is 11.8. The van der Waals surface area contributed by atoms with Crippen LogP contribution in [0.3, 0.4) is 0 Å². The predicted octanol–water partition coefficient (Wildman–Crippen LogP) is 2.45. The highest BCUT2D eigenvalue weighted by molar-refractivity contribution is 6.30. The third-order valence-corrected chi connectivity index (χ3v) is 3.84. The van der Waals surface area contributed by atoms with Gasteiger partial charge in [-0.3, -0.25) is 0 Å². The van der Waals surface area contributed by atoms with Crippen molar-refractivity contribution in [2.75, 3.05) is 7.11 Å². The Labute approximate surface area is 118 Å². The van der Waals surface area contributed by atoms with Crippen molar-refractivity contribution in [3.8, 4) is 11.5 Å². The number of ether oxygens (including phenoxy) is 1. The van der Waals surface area contributed by atoms with E-state index in [1.807, 2.05) is 0 Å². The summed E-state index contributed by atoms with van der Waals surface area (Å²) < 4.78 is 5.07. The van der Waals surface area contributed by atoms with Crippen LogP contribution in [0.2, 0.25) is 5.02 Å². The maximum atomic E-state index is 10.0. The van der Waals surface area contributed by atoms with Crippen LogP contribution >= 0.6 is 11.6 Å². The molecule has 0 heterocycles. The summed E-state index contributed by atoms with van der Waals surface area (Å²) in [5.74, 6) is 0.471. The molecule has 0 aliphatic heterocycles. The monoisotopic (exact) mass is 285 g/mol. The van der Waals surface area contributed by atoms with Gasteiger partial charge in [0.25, 0.3) is 0 Å². The molecule has 106 valence electrons. The van der Waals surface area contributed by atoms with E-state index in [0.29, 0.717) is 22.9 Å². The number of hydrogen-bond acceptors (Lipinski definition) is 4. The molecule has 1 aliphatic carbocycles. The van der Waals surface area contributed by atoms with Crippen LogP contribution in [-0.2, 0) is 6.54 Å². The number of rotatable bonds is 4. The van der Waals surface area contributed by atoms with Gasteiger partial charge in [-0.15, -0.1) is 0 Å². The van der Waals surface area contributed by atoms with E-state index in [-0.39, 0.29) is 17.9 Å². The van der Waals surface area contributed by atoms with Crippen molar-refractivity contribution in [2.45, 2.75) is 44.4 Å². The molecule has 2 rings (SSSR count). The third kappa shape index (κ3) is 3.53. The predicted molar refractivity (Wildman–Crippen MR) is 74.8 cm³/mol. The maximum Gasteiger partial charge on any atom is 0.162 e. The molecule has 0 radical (unpaired) electrons. The number of phenolic OH excluding ortho intramolecular Hbond substituents is 1. The van der Waals surface area contributed by atoms with Crippen LogP contribution in [0.15, 0.2) is 12.1 Å². The molecular weight excluding hydrogens is 266 g/mol. The summed E-state index contributed by atoms with van der Waals surface area (Å²) in [6, 6.07) is 3.37. The quantitative estimate of drug-likeness (QED) is 0.795. The molecule has 0 saturated heterocycles. The van der Waals surface area contributed by atoms with Crippen molar-refractivity contribution >= 4 is 11.6 Å². The van der Waals surface area contributed by atoms with Gasteiger partial charge in [-0.25, -0.2) is 0 Å². The van der Waals surface area contributed by atoms with Gasteiger partial charge >= 0.3 is 0 Å². The van der Waals surface area contributed by atoms with Crippen LogP contribution in [0.4, 0.5) is 0 Å². The van der Waals surface area contributed by atoms with Crippen molar-refractivity contribution in [3.63, 3.8) is 0 Å². The van der Waals surface area contributed by atoms with Crippen LogP contribution in [0.5, 0.6) is 11.5 Å². The minimum Gasteiger partial charge on any atom is -0.504 e. The second-order valence-corrected chi connectivity index (χ2v) is 5.39. The molecule has 2 unspecified atom stereocenters. The first-order chi connectivity index (χ1) is 9.11. The number of halogens is 1. The van der Waals surface area contributed by atoms with Gasteiger partial charge in [0.1, 0.15) is 0 Å². The molecular formula is C14H20ClNO3. The smallest absolute Gasteiger partial charge is 0.162 e. The lowest BCUT2D eigenvalue weighted by Gasteiger charge is -2.28. The first-order valence-electron chi connectivity index (χ1n) is 6.58. The molecule has 1 aromatic carbocycles.